The van der Waals surface area contributed by atoms with Gasteiger partial charge < -0.3 is 15.0 Å². The van der Waals surface area contributed by atoms with E-state index in [9.17, 15) is 4.79 Å². The van der Waals surface area contributed by atoms with Crippen LogP contribution in [0.15, 0.2) is 15.5 Å². The molecule has 0 aromatic carbocycles. The summed E-state index contributed by atoms with van der Waals surface area (Å²) in [6.45, 7) is 4.21. The van der Waals surface area contributed by atoms with Gasteiger partial charge in [-0.2, -0.15) is 0 Å². The molecule has 0 bridgehead atoms. The van der Waals surface area contributed by atoms with Crippen molar-refractivity contribution >= 4 is 21.6 Å². The highest BCUT2D eigenvalue weighted by molar-refractivity contribution is 9.10. The number of hydrogen-bond donors (Lipinski definition) is 1. The molecule has 0 aliphatic carbocycles. The van der Waals surface area contributed by atoms with Crippen molar-refractivity contribution in [1.82, 2.24) is 4.57 Å². The van der Waals surface area contributed by atoms with E-state index in [0.717, 1.165) is 5.56 Å². The van der Waals surface area contributed by atoms with E-state index >= 15 is 0 Å². The molecule has 0 aliphatic rings. The van der Waals surface area contributed by atoms with E-state index < -0.39 is 0 Å². The second-order valence-corrected chi connectivity index (χ2v) is 4.32. The van der Waals surface area contributed by atoms with Gasteiger partial charge in [-0.25, -0.2) is 0 Å². The molecule has 1 rings (SSSR count). The van der Waals surface area contributed by atoms with Gasteiger partial charge in [0.05, 0.1) is 22.8 Å². The zero-order chi connectivity index (χ0) is 11.6. The Bertz CT molecular complexity index is 415. The summed E-state index contributed by atoms with van der Waals surface area (Å²) in [7, 11) is 1.61. The van der Waals surface area contributed by atoms with Crippen LogP contribution in [0, 0.1) is 6.92 Å². The van der Waals surface area contributed by atoms with E-state index in [4.69, 9.17) is 10.5 Å². The van der Waals surface area contributed by atoms with Crippen molar-refractivity contribution in [3.63, 3.8) is 0 Å². The molecule has 1 aromatic rings. The average molecular weight is 275 g/mol. The molecule has 15 heavy (non-hydrogen) atoms. The van der Waals surface area contributed by atoms with Gasteiger partial charge >= 0.3 is 0 Å². The van der Waals surface area contributed by atoms with E-state index in [-0.39, 0.29) is 11.7 Å². The molecular weight excluding hydrogens is 260 g/mol. The molecule has 4 nitrogen and oxygen atoms in total. The number of rotatable bonds is 3. The van der Waals surface area contributed by atoms with Crippen molar-refractivity contribution in [2.75, 3.05) is 12.8 Å². The van der Waals surface area contributed by atoms with Crippen LogP contribution in [0.2, 0.25) is 0 Å². The van der Waals surface area contributed by atoms with Gasteiger partial charge in [0, 0.05) is 13.3 Å². The molecule has 1 heterocycles. The number of nitrogens with two attached hydrogens (primary N) is 1. The SMILES string of the molecule is COC(C)Cn1cc(N)c(C)c(Br)c1=O. The first-order chi connectivity index (χ1) is 6.97. The Labute approximate surface area is 97.2 Å². The van der Waals surface area contributed by atoms with Gasteiger partial charge in [0.25, 0.3) is 5.56 Å². The fourth-order valence-electron chi connectivity index (χ4n) is 1.22. The predicted octanol–water partition coefficient (Wildman–Crippen LogP) is 1.54. The third-order valence-corrected chi connectivity index (χ3v) is 3.30. The molecule has 0 amide bonds. The highest BCUT2D eigenvalue weighted by Crippen LogP contribution is 2.17. The van der Waals surface area contributed by atoms with Crippen LogP contribution in [0.5, 0.6) is 0 Å². The number of nitrogens with zero attached hydrogens (tertiary/aromatic N) is 1. The molecule has 0 saturated heterocycles. The molecule has 84 valence electrons. The maximum Gasteiger partial charge on any atom is 0.265 e. The Balaban J connectivity index is 3.15. The molecule has 1 aromatic heterocycles. The van der Waals surface area contributed by atoms with Crippen LogP contribution < -0.4 is 11.3 Å². The van der Waals surface area contributed by atoms with Gasteiger partial charge in [0.15, 0.2) is 0 Å². The summed E-state index contributed by atoms with van der Waals surface area (Å²) >= 11 is 3.24. The first-order valence-electron chi connectivity index (χ1n) is 4.65. The Morgan fingerprint density at radius 3 is 2.80 bits per heavy atom. The van der Waals surface area contributed by atoms with E-state index in [0.29, 0.717) is 16.7 Å². The Hall–Kier alpha value is -0.810. The minimum atomic E-state index is -0.0781. The van der Waals surface area contributed by atoms with E-state index in [1.807, 2.05) is 13.8 Å². The molecule has 0 fully saturated rings. The lowest BCUT2D eigenvalue weighted by molar-refractivity contribution is 0.102. The zero-order valence-electron chi connectivity index (χ0n) is 9.08. The summed E-state index contributed by atoms with van der Waals surface area (Å²) in [4.78, 5) is 11.8. The Morgan fingerprint density at radius 2 is 2.27 bits per heavy atom. The van der Waals surface area contributed by atoms with Crippen molar-refractivity contribution < 1.29 is 4.74 Å². The van der Waals surface area contributed by atoms with Gasteiger partial charge in [-0.15, -0.1) is 0 Å². The summed E-state index contributed by atoms with van der Waals surface area (Å²) in [6.07, 6.45) is 1.63. The highest BCUT2D eigenvalue weighted by atomic mass is 79.9. The minimum absolute atomic E-state index is 0.0169. The molecule has 2 N–H and O–H groups in total. The van der Waals surface area contributed by atoms with Crippen molar-refractivity contribution in [1.29, 1.82) is 0 Å². The van der Waals surface area contributed by atoms with E-state index in [1.165, 1.54) is 0 Å². The number of nitrogen functional groups attached to an aromatic ring is 1. The monoisotopic (exact) mass is 274 g/mol. The van der Waals surface area contributed by atoms with Gasteiger partial charge in [0.2, 0.25) is 0 Å². The van der Waals surface area contributed by atoms with Crippen molar-refractivity contribution in [3.05, 3.63) is 26.6 Å². The lowest BCUT2D eigenvalue weighted by atomic mass is 10.2. The normalized spacial score (nSPS) is 12.8. The maximum absolute atomic E-state index is 11.8. The molecule has 0 radical (unpaired) electrons. The Kier molecular flexibility index (Phi) is 3.93. The largest absolute Gasteiger partial charge is 0.397 e. The number of anilines is 1. The van der Waals surface area contributed by atoms with Crippen LogP contribution in [0.25, 0.3) is 0 Å². The number of ether oxygens (including phenoxy) is 1. The fraction of sp³-hybridized carbons (Fsp3) is 0.500. The third-order valence-electron chi connectivity index (χ3n) is 2.36. The first-order valence-corrected chi connectivity index (χ1v) is 5.44. The smallest absolute Gasteiger partial charge is 0.265 e. The van der Waals surface area contributed by atoms with Crippen LogP contribution >= 0.6 is 15.9 Å². The molecule has 1 unspecified atom stereocenters. The van der Waals surface area contributed by atoms with Crippen molar-refractivity contribution in [2.24, 2.45) is 0 Å². The number of aromatic nitrogens is 1. The molecule has 1 atom stereocenters. The Morgan fingerprint density at radius 1 is 1.67 bits per heavy atom. The van der Waals surface area contributed by atoms with E-state index in [1.54, 1.807) is 17.9 Å². The maximum atomic E-state index is 11.8. The quantitative estimate of drug-likeness (QED) is 0.910. The standard InChI is InChI=1S/C10H15BrN2O2/c1-6(15-3)4-13-5-8(12)7(2)9(11)10(13)14/h5-6H,4,12H2,1-3H3. The summed E-state index contributed by atoms with van der Waals surface area (Å²) < 4.78 is 7.18. The summed E-state index contributed by atoms with van der Waals surface area (Å²) in [6, 6.07) is 0. The molecular formula is C10H15BrN2O2. The minimum Gasteiger partial charge on any atom is -0.397 e. The number of methoxy groups -OCH3 is 1. The summed E-state index contributed by atoms with van der Waals surface area (Å²) in [5, 5.41) is 0. The second kappa shape index (κ2) is 4.81. The topological polar surface area (TPSA) is 57.2 Å². The average Bonchev–Trinajstić information content (AvgIpc) is 2.22. The summed E-state index contributed by atoms with van der Waals surface area (Å²) in [5.41, 5.74) is 7.08. The van der Waals surface area contributed by atoms with Crippen LogP contribution in [0.3, 0.4) is 0 Å². The molecule has 0 spiro atoms. The second-order valence-electron chi connectivity index (χ2n) is 3.53. The third kappa shape index (κ3) is 2.60. The van der Waals surface area contributed by atoms with Gasteiger partial charge in [-0.1, -0.05) is 0 Å². The molecule has 0 aliphatic heterocycles. The zero-order valence-corrected chi connectivity index (χ0v) is 10.7. The lowest BCUT2D eigenvalue weighted by Crippen LogP contribution is -2.27. The van der Waals surface area contributed by atoms with Crippen LogP contribution in [0.4, 0.5) is 5.69 Å². The predicted molar refractivity (Wildman–Crippen MR) is 64.0 cm³/mol. The number of halogens is 1. The lowest BCUT2D eigenvalue weighted by Gasteiger charge is -2.14. The number of hydrogen-bond acceptors (Lipinski definition) is 3. The van der Waals surface area contributed by atoms with Crippen molar-refractivity contribution in [2.45, 2.75) is 26.5 Å². The van der Waals surface area contributed by atoms with Gasteiger partial charge in [0.1, 0.15) is 0 Å². The van der Waals surface area contributed by atoms with Crippen LogP contribution in [-0.4, -0.2) is 17.8 Å². The van der Waals surface area contributed by atoms with E-state index in [2.05, 4.69) is 15.9 Å². The molecule has 0 saturated carbocycles. The number of pyridine rings is 1. The first kappa shape index (κ1) is 12.3. The van der Waals surface area contributed by atoms with Gasteiger partial charge in [-0.3, -0.25) is 4.79 Å². The molecule has 5 heteroatoms. The fourth-order valence-corrected chi connectivity index (χ4v) is 1.68. The highest BCUT2D eigenvalue weighted by Gasteiger charge is 2.10. The van der Waals surface area contributed by atoms with Crippen LogP contribution in [-0.2, 0) is 11.3 Å². The van der Waals surface area contributed by atoms with Crippen molar-refractivity contribution in [3.8, 4) is 0 Å². The van der Waals surface area contributed by atoms with Gasteiger partial charge in [-0.05, 0) is 35.3 Å². The van der Waals surface area contributed by atoms with Crippen LogP contribution in [0.1, 0.15) is 12.5 Å². The summed E-state index contributed by atoms with van der Waals surface area (Å²) in [5.74, 6) is 0.